The highest BCUT2D eigenvalue weighted by atomic mass is 33.1. The highest BCUT2D eigenvalue weighted by Crippen LogP contribution is 2.21. The molecule has 14 heavy (non-hydrogen) atoms. The molecular weight excluding hydrogens is 220 g/mol. The number of nitrogens with two attached hydrogens (primary N) is 1. The highest BCUT2D eigenvalue weighted by molar-refractivity contribution is 8.76. The van der Waals surface area contributed by atoms with Gasteiger partial charge in [-0.25, -0.2) is 0 Å². The van der Waals surface area contributed by atoms with Crippen molar-refractivity contribution in [2.45, 2.75) is 13.0 Å². The molecule has 0 bridgehead atoms. The fourth-order valence-corrected chi connectivity index (χ4v) is 2.30. The Labute approximate surface area is 92.2 Å². The van der Waals surface area contributed by atoms with Crippen molar-refractivity contribution < 1.29 is 9.59 Å². The second-order valence-corrected chi connectivity index (χ2v) is 5.43. The molecule has 3 N–H and O–H groups in total. The van der Waals surface area contributed by atoms with Gasteiger partial charge in [0.2, 0.25) is 5.91 Å². The van der Waals surface area contributed by atoms with Crippen molar-refractivity contribution in [3.8, 4) is 0 Å². The summed E-state index contributed by atoms with van der Waals surface area (Å²) in [7, 11) is 4.67. The molecule has 0 aromatic carbocycles. The summed E-state index contributed by atoms with van der Waals surface area (Å²) in [6, 6.07) is -0.324. The molecular formula is C8H16N2O2S2. The van der Waals surface area contributed by atoms with Gasteiger partial charge in [0.05, 0.1) is 6.04 Å². The van der Waals surface area contributed by atoms with Gasteiger partial charge in [0.15, 0.2) is 5.78 Å². The van der Waals surface area contributed by atoms with Gasteiger partial charge in [0, 0.05) is 5.75 Å². The van der Waals surface area contributed by atoms with Crippen LogP contribution in [0.1, 0.15) is 6.92 Å². The summed E-state index contributed by atoms with van der Waals surface area (Å²) in [5, 5.41) is 2.80. The van der Waals surface area contributed by atoms with Crippen molar-refractivity contribution in [2.24, 2.45) is 11.7 Å². The van der Waals surface area contributed by atoms with E-state index in [1.54, 1.807) is 14.0 Å². The van der Waals surface area contributed by atoms with E-state index in [2.05, 4.69) is 5.32 Å². The SMILES string of the molecule is CNC(C)C(=O)C(CSSC)C(N)=O. The normalized spacial score (nSPS) is 14.8. The quantitative estimate of drug-likeness (QED) is 0.490. The standard InChI is InChI=1S/C8H16N2O2S2/c1-5(10-2)7(11)6(8(9)12)4-14-13-3/h5-6,10H,4H2,1-3H3,(H2,9,12). The second kappa shape index (κ2) is 7.14. The Morgan fingerprint density at radius 3 is 2.43 bits per heavy atom. The molecule has 2 atom stereocenters. The molecule has 0 rings (SSSR count). The van der Waals surface area contributed by atoms with E-state index >= 15 is 0 Å². The Bertz CT molecular complexity index is 212. The Morgan fingerprint density at radius 2 is 2.07 bits per heavy atom. The van der Waals surface area contributed by atoms with Gasteiger partial charge >= 0.3 is 0 Å². The lowest BCUT2D eigenvalue weighted by Crippen LogP contribution is -2.42. The minimum atomic E-state index is -0.685. The minimum absolute atomic E-state index is 0.137. The zero-order valence-corrected chi connectivity index (χ0v) is 10.2. The van der Waals surface area contributed by atoms with Crippen LogP contribution in [0.15, 0.2) is 0 Å². The van der Waals surface area contributed by atoms with E-state index in [0.29, 0.717) is 5.75 Å². The number of carbonyl (C=O) groups excluding carboxylic acids is 2. The number of hydrogen-bond donors (Lipinski definition) is 2. The lowest BCUT2D eigenvalue weighted by molar-refractivity contribution is -0.132. The summed E-state index contributed by atoms with van der Waals surface area (Å²) in [5.41, 5.74) is 5.16. The summed E-state index contributed by atoms with van der Waals surface area (Å²) in [5.74, 6) is -0.920. The maximum absolute atomic E-state index is 11.6. The van der Waals surface area contributed by atoms with Crippen LogP contribution in [0.4, 0.5) is 0 Å². The summed E-state index contributed by atoms with van der Waals surface area (Å²) >= 11 is 0. The second-order valence-electron chi connectivity index (χ2n) is 2.82. The lowest BCUT2D eigenvalue weighted by Gasteiger charge is -2.15. The molecule has 6 heteroatoms. The largest absolute Gasteiger partial charge is 0.369 e. The predicted molar refractivity (Wildman–Crippen MR) is 62.2 cm³/mol. The van der Waals surface area contributed by atoms with Gasteiger partial charge in [-0.05, 0) is 20.2 Å². The predicted octanol–water partition coefficient (Wildman–Crippen LogP) is 0.276. The molecule has 0 saturated heterocycles. The van der Waals surface area contributed by atoms with Gasteiger partial charge in [-0.2, -0.15) is 0 Å². The zero-order valence-electron chi connectivity index (χ0n) is 8.57. The molecule has 0 aromatic heterocycles. The van der Waals surface area contributed by atoms with Crippen molar-refractivity contribution in [2.75, 3.05) is 19.1 Å². The van der Waals surface area contributed by atoms with Gasteiger partial charge in [-0.15, -0.1) is 0 Å². The van der Waals surface area contributed by atoms with E-state index in [1.165, 1.54) is 21.6 Å². The van der Waals surface area contributed by atoms with Crippen molar-refractivity contribution >= 4 is 33.3 Å². The van der Waals surface area contributed by atoms with Crippen LogP contribution in [0.5, 0.6) is 0 Å². The number of likely N-dealkylation sites (N-methyl/N-ethyl adjacent to an activating group) is 1. The molecule has 4 nitrogen and oxygen atoms in total. The third-order valence-corrected chi connectivity index (χ3v) is 3.72. The molecule has 0 aliphatic carbocycles. The minimum Gasteiger partial charge on any atom is -0.369 e. The monoisotopic (exact) mass is 236 g/mol. The molecule has 0 fully saturated rings. The van der Waals surface area contributed by atoms with Crippen molar-refractivity contribution in [3.63, 3.8) is 0 Å². The first-order valence-electron chi connectivity index (χ1n) is 4.20. The number of rotatable bonds is 7. The smallest absolute Gasteiger partial charge is 0.228 e. The van der Waals surface area contributed by atoms with Crippen LogP contribution in [-0.2, 0) is 9.59 Å². The molecule has 2 unspecified atom stereocenters. The number of primary amides is 1. The molecule has 0 radical (unpaired) electrons. The van der Waals surface area contributed by atoms with Crippen LogP contribution in [0.25, 0.3) is 0 Å². The van der Waals surface area contributed by atoms with Gasteiger partial charge in [0.1, 0.15) is 5.92 Å². The fraction of sp³-hybridized carbons (Fsp3) is 0.750. The van der Waals surface area contributed by atoms with Gasteiger partial charge in [-0.3, -0.25) is 9.59 Å². The number of nitrogens with one attached hydrogen (secondary N) is 1. The van der Waals surface area contributed by atoms with E-state index in [0.717, 1.165) is 0 Å². The molecule has 0 aromatic rings. The Hall–Kier alpha value is -0.200. The number of carbonyl (C=O) groups is 2. The Kier molecular flexibility index (Phi) is 7.04. The van der Waals surface area contributed by atoms with E-state index < -0.39 is 11.8 Å². The molecule has 0 heterocycles. The Morgan fingerprint density at radius 1 is 1.50 bits per heavy atom. The van der Waals surface area contributed by atoms with Crippen molar-refractivity contribution in [1.82, 2.24) is 5.32 Å². The summed E-state index contributed by atoms with van der Waals surface area (Å²) in [6.45, 7) is 1.72. The zero-order chi connectivity index (χ0) is 11.1. The molecule has 1 amide bonds. The number of hydrogen-bond acceptors (Lipinski definition) is 5. The molecule has 0 saturated carbocycles. The van der Waals surface area contributed by atoms with Crippen LogP contribution in [-0.4, -0.2) is 36.8 Å². The average molecular weight is 236 g/mol. The van der Waals surface area contributed by atoms with Crippen LogP contribution >= 0.6 is 21.6 Å². The van der Waals surface area contributed by atoms with Crippen LogP contribution in [0.2, 0.25) is 0 Å². The highest BCUT2D eigenvalue weighted by Gasteiger charge is 2.27. The van der Waals surface area contributed by atoms with E-state index in [9.17, 15) is 9.59 Å². The number of Topliss-reactive ketones (excluding diaryl/α,β-unsaturated/α-hetero) is 1. The van der Waals surface area contributed by atoms with Gasteiger partial charge < -0.3 is 11.1 Å². The average Bonchev–Trinajstić information content (AvgIpc) is 2.16. The number of ketones is 1. The van der Waals surface area contributed by atoms with Crippen LogP contribution in [0, 0.1) is 5.92 Å². The first-order valence-corrected chi connectivity index (χ1v) is 6.93. The first kappa shape index (κ1) is 13.8. The molecule has 0 aliphatic heterocycles. The fourth-order valence-electron chi connectivity index (χ4n) is 0.885. The van der Waals surface area contributed by atoms with Gasteiger partial charge in [0.25, 0.3) is 0 Å². The van der Waals surface area contributed by atoms with Crippen molar-refractivity contribution in [3.05, 3.63) is 0 Å². The van der Waals surface area contributed by atoms with Crippen LogP contribution in [0.3, 0.4) is 0 Å². The van der Waals surface area contributed by atoms with Gasteiger partial charge in [-0.1, -0.05) is 21.6 Å². The van der Waals surface area contributed by atoms with E-state index in [-0.39, 0.29) is 11.8 Å². The summed E-state index contributed by atoms with van der Waals surface area (Å²) < 4.78 is 0. The molecule has 0 spiro atoms. The summed E-state index contributed by atoms with van der Waals surface area (Å²) in [6.07, 6.45) is 1.90. The number of amides is 1. The summed E-state index contributed by atoms with van der Waals surface area (Å²) in [4.78, 5) is 22.7. The Balaban J connectivity index is 4.33. The lowest BCUT2D eigenvalue weighted by atomic mass is 10.0. The third kappa shape index (κ3) is 4.34. The maximum atomic E-state index is 11.6. The molecule has 82 valence electrons. The molecule has 0 aliphatic rings. The van der Waals surface area contributed by atoms with Crippen molar-refractivity contribution in [1.29, 1.82) is 0 Å². The first-order chi connectivity index (χ1) is 6.54. The van der Waals surface area contributed by atoms with E-state index in [1.807, 2.05) is 6.26 Å². The third-order valence-electron chi connectivity index (χ3n) is 1.90. The van der Waals surface area contributed by atoms with E-state index in [4.69, 9.17) is 5.73 Å². The van der Waals surface area contributed by atoms with Crippen LogP contribution < -0.4 is 11.1 Å². The maximum Gasteiger partial charge on any atom is 0.228 e. The topological polar surface area (TPSA) is 72.2 Å².